The molecule has 0 fully saturated rings. The van der Waals surface area contributed by atoms with E-state index in [9.17, 15) is 35.8 Å². The summed E-state index contributed by atoms with van der Waals surface area (Å²) in [6, 6.07) is 11.6. The number of hydrogen-bond acceptors (Lipinski definition) is 13. The highest BCUT2D eigenvalue weighted by Gasteiger charge is 2.21. The first-order chi connectivity index (χ1) is 19.6. The molecular formula is C23H21ClN8O8S2. The molecule has 0 unspecified atom stereocenters. The first-order valence-corrected chi connectivity index (χ1v) is 14.9. The topological polar surface area (TPSA) is 238 Å². The maximum atomic E-state index is 12.4. The van der Waals surface area contributed by atoms with E-state index in [2.05, 4.69) is 35.8 Å². The van der Waals surface area contributed by atoms with Gasteiger partial charge in [-0.05, 0) is 60.5 Å². The summed E-state index contributed by atoms with van der Waals surface area (Å²) < 4.78 is 64.9. The number of hydrogen-bond donors (Lipinski definition) is 5. The minimum absolute atomic E-state index is 0.000994. The molecule has 0 aliphatic rings. The molecule has 2 aromatic heterocycles. The van der Waals surface area contributed by atoms with Crippen LogP contribution in [0.5, 0.6) is 5.88 Å². The van der Waals surface area contributed by atoms with Gasteiger partial charge in [-0.2, -0.15) is 36.9 Å². The lowest BCUT2D eigenvalue weighted by Crippen LogP contribution is -2.24. The number of aromatic nitrogens is 4. The Kier molecular flexibility index (Phi) is 8.55. The highest BCUT2D eigenvalue weighted by Crippen LogP contribution is 2.33. The van der Waals surface area contributed by atoms with Crippen LogP contribution in [0.3, 0.4) is 0 Å². The van der Waals surface area contributed by atoms with Crippen molar-refractivity contribution >= 4 is 66.5 Å². The zero-order valence-corrected chi connectivity index (χ0v) is 24.0. The molecule has 0 spiro atoms. The number of halogens is 1. The maximum absolute atomic E-state index is 12.4. The van der Waals surface area contributed by atoms with E-state index in [0.29, 0.717) is 5.69 Å². The average molecular weight is 637 g/mol. The second-order valence-corrected chi connectivity index (χ2v) is 11.8. The van der Waals surface area contributed by atoms with Gasteiger partial charge in [0, 0.05) is 24.0 Å². The van der Waals surface area contributed by atoms with Gasteiger partial charge in [-0.15, -0.1) is 5.11 Å². The summed E-state index contributed by atoms with van der Waals surface area (Å²) in [6.07, 6.45) is 0. The van der Waals surface area contributed by atoms with E-state index < -0.39 is 37.4 Å². The Morgan fingerprint density at radius 3 is 2.12 bits per heavy atom. The molecule has 4 aromatic rings. The van der Waals surface area contributed by atoms with E-state index in [1.807, 2.05) is 0 Å². The quantitative estimate of drug-likeness (QED) is 0.130. The van der Waals surface area contributed by atoms with E-state index in [1.54, 1.807) is 18.2 Å². The second-order valence-electron chi connectivity index (χ2n) is 8.62. The SMILES string of the molecule is Cc1c(N=Nc2cccc(Nc3nc(Cl)nc(Nc4cccc(S(=O)(=O)O)c4)n3)c2)c(O)n(C)c(=O)c1CS(=O)(=O)O. The van der Waals surface area contributed by atoms with Crippen molar-refractivity contribution in [1.29, 1.82) is 0 Å². The maximum Gasteiger partial charge on any atom is 0.294 e. The number of azo groups is 1. The molecule has 0 amide bonds. The van der Waals surface area contributed by atoms with Gasteiger partial charge < -0.3 is 15.7 Å². The Labute approximate surface area is 243 Å². The lowest BCUT2D eigenvalue weighted by atomic mass is 10.1. The number of benzene rings is 2. The number of nitrogens with zero attached hydrogens (tertiary/aromatic N) is 6. The van der Waals surface area contributed by atoms with Gasteiger partial charge in [0.05, 0.1) is 10.6 Å². The molecule has 0 bridgehead atoms. The van der Waals surface area contributed by atoms with E-state index in [1.165, 1.54) is 44.3 Å². The number of rotatable bonds is 9. The molecule has 0 saturated heterocycles. The lowest BCUT2D eigenvalue weighted by molar-refractivity contribution is 0.422. The fourth-order valence-electron chi connectivity index (χ4n) is 3.61. The molecule has 4 rings (SSSR count). The van der Waals surface area contributed by atoms with Gasteiger partial charge in [0.1, 0.15) is 11.4 Å². The molecule has 16 nitrogen and oxygen atoms in total. The predicted octanol–water partition coefficient (Wildman–Crippen LogP) is 3.77. The summed E-state index contributed by atoms with van der Waals surface area (Å²) in [5.74, 6) is -1.57. The van der Waals surface area contributed by atoms with Crippen LogP contribution in [0.15, 0.2) is 68.4 Å². The number of pyridine rings is 1. The molecule has 220 valence electrons. The molecule has 0 saturated carbocycles. The van der Waals surface area contributed by atoms with Gasteiger partial charge >= 0.3 is 0 Å². The van der Waals surface area contributed by atoms with Crippen LogP contribution < -0.4 is 16.2 Å². The molecule has 42 heavy (non-hydrogen) atoms. The third-order valence-electron chi connectivity index (χ3n) is 5.59. The fourth-order valence-corrected chi connectivity index (χ4v) is 5.00. The molecular weight excluding hydrogens is 616 g/mol. The van der Waals surface area contributed by atoms with E-state index in [0.717, 1.165) is 4.57 Å². The van der Waals surface area contributed by atoms with Crippen molar-refractivity contribution in [2.24, 2.45) is 17.3 Å². The Morgan fingerprint density at radius 2 is 1.52 bits per heavy atom. The largest absolute Gasteiger partial charge is 0.493 e. The van der Waals surface area contributed by atoms with E-state index in [-0.39, 0.29) is 50.3 Å². The smallest absolute Gasteiger partial charge is 0.294 e. The van der Waals surface area contributed by atoms with Crippen LogP contribution >= 0.6 is 11.6 Å². The molecule has 0 radical (unpaired) electrons. The lowest BCUT2D eigenvalue weighted by Gasteiger charge is -2.12. The Hall–Kier alpha value is -4.49. The van der Waals surface area contributed by atoms with Crippen LogP contribution in [0, 0.1) is 6.92 Å². The Bertz CT molecular complexity index is 2000. The van der Waals surface area contributed by atoms with Crippen LogP contribution in [0.25, 0.3) is 0 Å². The van der Waals surface area contributed by atoms with Crippen molar-refractivity contribution in [2.45, 2.75) is 17.6 Å². The summed E-state index contributed by atoms with van der Waals surface area (Å²) in [6.45, 7) is 1.36. The molecule has 0 aliphatic heterocycles. The van der Waals surface area contributed by atoms with Crippen molar-refractivity contribution < 1.29 is 31.0 Å². The Morgan fingerprint density at radius 1 is 0.929 bits per heavy atom. The zero-order chi connectivity index (χ0) is 30.8. The van der Waals surface area contributed by atoms with Crippen LogP contribution in [0.1, 0.15) is 11.1 Å². The van der Waals surface area contributed by atoms with Gasteiger partial charge in [-0.1, -0.05) is 12.1 Å². The highest BCUT2D eigenvalue weighted by molar-refractivity contribution is 7.85. The molecule has 5 N–H and O–H groups in total. The van der Waals surface area contributed by atoms with Crippen molar-refractivity contribution in [2.75, 3.05) is 10.6 Å². The number of aromatic hydroxyl groups is 1. The summed E-state index contributed by atoms with van der Waals surface area (Å²) in [4.78, 5) is 24.2. The monoisotopic (exact) mass is 636 g/mol. The highest BCUT2D eigenvalue weighted by atomic mass is 35.5. The summed E-state index contributed by atoms with van der Waals surface area (Å²) in [5.41, 5.74) is -0.310. The molecule has 0 atom stereocenters. The van der Waals surface area contributed by atoms with Crippen molar-refractivity contribution in [3.05, 3.63) is 75.3 Å². The number of nitrogens with one attached hydrogen (secondary N) is 2. The normalized spacial score (nSPS) is 12.0. The van der Waals surface area contributed by atoms with Gasteiger partial charge in [-0.25, -0.2) is 0 Å². The van der Waals surface area contributed by atoms with Crippen LogP contribution in [0.2, 0.25) is 5.28 Å². The third-order valence-corrected chi connectivity index (χ3v) is 7.26. The van der Waals surface area contributed by atoms with Crippen LogP contribution in [0.4, 0.5) is 34.6 Å². The van der Waals surface area contributed by atoms with Gasteiger partial charge in [-0.3, -0.25) is 18.5 Å². The first-order valence-electron chi connectivity index (χ1n) is 11.5. The molecule has 2 aromatic carbocycles. The fraction of sp³-hybridized carbons (Fsp3) is 0.130. The molecule has 2 heterocycles. The minimum atomic E-state index is -4.54. The standard InChI is InChI=1S/C23H21ClN8O8S2/c1-12-17(11-41(35,36)37)19(33)32(2)20(34)18(12)31-30-15-7-3-5-13(9-15)25-22-27-21(24)28-23(29-22)26-14-6-4-8-16(10-14)42(38,39)40/h3-10,34H,11H2,1-2H3,(H,35,36,37)(H,38,39,40)(H2,25,26,27,28,29). The van der Waals surface area contributed by atoms with Gasteiger partial charge in [0.15, 0.2) is 0 Å². The predicted molar refractivity (Wildman–Crippen MR) is 152 cm³/mol. The molecule has 0 aliphatic carbocycles. The Balaban J connectivity index is 1.59. The van der Waals surface area contributed by atoms with Gasteiger partial charge in [0.25, 0.3) is 25.8 Å². The van der Waals surface area contributed by atoms with Crippen molar-refractivity contribution in [3.8, 4) is 5.88 Å². The summed E-state index contributed by atoms with van der Waals surface area (Å²) in [7, 11) is -7.76. The zero-order valence-electron chi connectivity index (χ0n) is 21.6. The number of anilines is 4. The van der Waals surface area contributed by atoms with Crippen LogP contribution in [-0.4, -0.2) is 50.6 Å². The van der Waals surface area contributed by atoms with E-state index in [4.69, 9.17) is 11.6 Å². The molecule has 19 heteroatoms. The second kappa shape index (κ2) is 11.8. The summed E-state index contributed by atoms with van der Waals surface area (Å²) >= 11 is 6.03. The third kappa shape index (κ3) is 7.42. The van der Waals surface area contributed by atoms with Crippen molar-refractivity contribution in [3.63, 3.8) is 0 Å². The van der Waals surface area contributed by atoms with Crippen molar-refractivity contribution in [1.82, 2.24) is 19.5 Å². The van der Waals surface area contributed by atoms with E-state index >= 15 is 0 Å². The average Bonchev–Trinajstić information content (AvgIpc) is 2.89. The summed E-state index contributed by atoms with van der Waals surface area (Å²) in [5, 5.41) is 24.0. The first kappa shape index (κ1) is 30.5. The van der Waals surface area contributed by atoms with Crippen LogP contribution in [-0.2, 0) is 33.0 Å². The van der Waals surface area contributed by atoms with Gasteiger partial charge in [0.2, 0.25) is 23.1 Å². The minimum Gasteiger partial charge on any atom is -0.493 e.